The molecule has 0 radical (unpaired) electrons. The van der Waals surface area contributed by atoms with Gasteiger partial charge in [-0.25, -0.2) is 0 Å². The first kappa shape index (κ1) is 11.2. The van der Waals surface area contributed by atoms with Gasteiger partial charge in [-0.05, 0) is 25.1 Å². The molecule has 0 aliphatic heterocycles. The Balaban J connectivity index is 2.76. The molecule has 0 saturated heterocycles. The van der Waals surface area contributed by atoms with E-state index < -0.39 is 0 Å². The number of Topliss-reactive ketones (excluding diaryl/α,β-unsaturated/α-hetero) is 2. The Morgan fingerprint density at radius 1 is 1.27 bits per heavy atom. The predicted molar refractivity (Wildman–Crippen MR) is 53.8 cm³/mol. The lowest BCUT2D eigenvalue weighted by molar-refractivity contribution is -0.125. The van der Waals surface area contributed by atoms with Crippen LogP contribution >= 0.6 is 0 Å². The fraction of sp³-hybridized carbons (Fsp3) is 0.273. The number of rotatable bonds is 4. The number of phenolic OH excluding ortho intramolecular Hbond substituents is 2. The van der Waals surface area contributed by atoms with Gasteiger partial charge in [0, 0.05) is 12.0 Å². The molecule has 2 N–H and O–H groups in total. The highest BCUT2D eigenvalue weighted by Crippen LogP contribution is 2.22. The molecule has 4 heteroatoms. The molecule has 4 nitrogen and oxygen atoms in total. The summed E-state index contributed by atoms with van der Waals surface area (Å²) in [6, 6.07) is 3.95. The van der Waals surface area contributed by atoms with Crippen molar-refractivity contribution in [3.8, 4) is 11.5 Å². The van der Waals surface area contributed by atoms with Crippen LogP contribution in [0.4, 0.5) is 0 Å². The van der Waals surface area contributed by atoms with E-state index in [0.717, 1.165) is 0 Å². The van der Waals surface area contributed by atoms with Gasteiger partial charge in [-0.2, -0.15) is 0 Å². The van der Waals surface area contributed by atoms with E-state index in [1.54, 1.807) is 0 Å². The number of hydrogen-bond acceptors (Lipinski definition) is 4. The summed E-state index contributed by atoms with van der Waals surface area (Å²) in [4.78, 5) is 21.9. The van der Waals surface area contributed by atoms with Crippen molar-refractivity contribution in [2.45, 2.75) is 19.8 Å². The molecular weight excluding hydrogens is 196 g/mol. The summed E-state index contributed by atoms with van der Waals surface area (Å²) in [7, 11) is 0. The maximum atomic E-state index is 11.3. The SMILES string of the molecule is CC(=O)CC(=O)Cc1cc(O)ccc1O. The molecule has 1 rings (SSSR count). The van der Waals surface area contributed by atoms with Gasteiger partial charge in [0.05, 0.1) is 6.42 Å². The van der Waals surface area contributed by atoms with Crippen LogP contribution in [0.15, 0.2) is 18.2 Å². The Hall–Kier alpha value is -1.84. The molecule has 80 valence electrons. The Labute approximate surface area is 87.2 Å². The predicted octanol–water partition coefficient (Wildman–Crippen LogP) is 1.19. The Bertz CT molecular complexity index is 396. The molecule has 15 heavy (non-hydrogen) atoms. The lowest BCUT2D eigenvalue weighted by Crippen LogP contribution is -2.07. The van der Waals surface area contributed by atoms with Gasteiger partial charge in [0.1, 0.15) is 23.1 Å². The van der Waals surface area contributed by atoms with Gasteiger partial charge in [0.15, 0.2) is 0 Å². The fourth-order valence-electron chi connectivity index (χ4n) is 1.27. The molecule has 0 saturated carbocycles. The van der Waals surface area contributed by atoms with Crippen LogP contribution < -0.4 is 0 Å². The van der Waals surface area contributed by atoms with Crippen LogP contribution in [0.2, 0.25) is 0 Å². The second kappa shape index (κ2) is 4.59. The van der Waals surface area contributed by atoms with Crippen LogP contribution in [0, 0.1) is 0 Å². The average molecular weight is 208 g/mol. The van der Waals surface area contributed by atoms with Crippen molar-refractivity contribution in [1.29, 1.82) is 0 Å². The third kappa shape index (κ3) is 3.42. The van der Waals surface area contributed by atoms with Crippen LogP contribution in [-0.4, -0.2) is 21.8 Å². The molecule has 0 bridgehead atoms. The highest BCUT2D eigenvalue weighted by molar-refractivity contribution is 5.99. The first-order valence-corrected chi connectivity index (χ1v) is 4.51. The molecule has 0 amide bonds. The summed E-state index contributed by atoms with van der Waals surface area (Å²) < 4.78 is 0. The van der Waals surface area contributed by atoms with Gasteiger partial charge >= 0.3 is 0 Å². The molecule has 0 aliphatic rings. The van der Waals surface area contributed by atoms with Crippen molar-refractivity contribution in [3.05, 3.63) is 23.8 Å². The third-order valence-corrected chi connectivity index (χ3v) is 1.90. The van der Waals surface area contributed by atoms with E-state index in [2.05, 4.69) is 0 Å². The number of carbonyl (C=O) groups is 2. The van der Waals surface area contributed by atoms with Crippen molar-refractivity contribution in [2.75, 3.05) is 0 Å². The maximum Gasteiger partial charge on any atom is 0.144 e. The maximum absolute atomic E-state index is 11.3. The minimum atomic E-state index is -0.275. The number of benzene rings is 1. The van der Waals surface area contributed by atoms with Crippen molar-refractivity contribution in [1.82, 2.24) is 0 Å². The zero-order valence-corrected chi connectivity index (χ0v) is 8.36. The van der Waals surface area contributed by atoms with E-state index in [9.17, 15) is 14.7 Å². The number of carbonyl (C=O) groups excluding carboxylic acids is 2. The average Bonchev–Trinajstić information content (AvgIpc) is 2.10. The van der Waals surface area contributed by atoms with Gasteiger partial charge in [-0.3, -0.25) is 9.59 Å². The van der Waals surface area contributed by atoms with Gasteiger partial charge in [-0.15, -0.1) is 0 Å². The van der Waals surface area contributed by atoms with Gasteiger partial charge < -0.3 is 10.2 Å². The van der Waals surface area contributed by atoms with Crippen molar-refractivity contribution < 1.29 is 19.8 Å². The van der Waals surface area contributed by atoms with E-state index in [4.69, 9.17) is 5.11 Å². The van der Waals surface area contributed by atoms with Crippen LogP contribution in [-0.2, 0) is 16.0 Å². The molecule has 1 aromatic carbocycles. The summed E-state index contributed by atoms with van der Waals surface area (Å²) in [5.41, 5.74) is 0.334. The van der Waals surface area contributed by atoms with Crippen LogP contribution in [0.25, 0.3) is 0 Å². The highest BCUT2D eigenvalue weighted by Gasteiger charge is 2.10. The summed E-state index contributed by atoms with van der Waals surface area (Å²) in [6.45, 7) is 1.33. The quantitative estimate of drug-likeness (QED) is 0.575. The molecule has 0 heterocycles. The second-order valence-corrected chi connectivity index (χ2v) is 3.41. The van der Waals surface area contributed by atoms with Crippen molar-refractivity contribution >= 4 is 11.6 Å². The zero-order chi connectivity index (χ0) is 11.4. The lowest BCUT2D eigenvalue weighted by Gasteiger charge is -2.03. The van der Waals surface area contributed by atoms with E-state index in [-0.39, 0.29) is 35.9 Å². The van der Waals surface area contributed by atoms with Gasteiger partial charge in [-0.1, -0.05) is 0 Å². The van der Waals surface area contributed by atoms with Gasteiger partial charge in [0.25, 0.3) is 0 Å². The number of hydrogen-bond donors (Lipinski definition) is 2. The summed E-state index contributed by atoms with van der Waals surface area (Å²) in [6.07, 6.45) is -0.186. The molecule has 0 aliphatic carbocycles. The largest absolute Gasteiger partial charge is 0.508 e. The van der Waals surface area contributed by atoms with Gasteiger partial charge in [0.2, 0.25) is 0 Å². The standard InChI is InChI=1S/C11H12O4/c1-7(12)4-10(14)6-8-5-9(13)2-3-11(8)15/h2-3,5,13,15H,4,6H2,1H3. The molecule has 0 aromatic heterocycles. The zero-order valence-electron chi connectivity index (χ0n) is 8.36. The number of ketones is 2. The van der Waals surface area contributed by atoms with E-state index >= 15 is 0 Å². The Kier molecular flexibility index (Phi) is 3.44. The first-order valence-electron chi connectivity index (χ1n) is 4.51. The monoisotopic (exact) mass is 208 g/mol. The van der Waals surface area contributed by atoms with Crippen molar-refractivity contribution in [2.24, 2.45) is 0 Å². The molecule has 0 unspecified atom stereocenters. The summed E-state index contributed by atoms with van der Waals surface area (Å²) in [5, 5.41) is 18.5. The van der Waals surface area contributed by atoms with Crippen LogP contribution in [0.3, 0.4) is 0 Å². The smallest absolute Gasteiger partial charge is 0.144 e. The van der Waals surface area contributed by atoms with E-state index in [1.165, 1.54) is 25.1 Å². The molecule has 0 spiro atoms. The van der Waals surface area contributed by atoms with Crippen LogP contribution in [0.1, 0.15) is 18.9 Å². The second-order valence-electron chi connectivity index (χ2n) is 3.41. The summed E-state index contributed by atoms with van der Waals surface area (Å²) in [5.74, 6) is -0.550. The van der Waals surface area contributed by atoms with E-state index in [1.807, 2.05) is 0 Å². The Morgan fingerprint density at radius 3 is 2.53 bits per heavy atom. The molecule has 0 atom stereocenters. The normalized spacial score (nSPS) is 9.93. The minimum Gasteiger partial charge on any atom is -0.508 e. The van der Waals surface area contributed by atoms with Crippen molar-refractivity contribution in [3.63, 3.8) is 0 Å². The highest BCUT2D eigenvalue weighted by atomic mass is 16.3. The summed E-state index contributed by atoms with van der Waals surface area (Å²) >= 11 is 0. The Morgan fingerprint density at radius 2 is 1.93 bits per heavy atom. The van der Waals surface area contributed by atoms with Crippen LogP contribution in [0.5, 0.6) is 11.5 Å². The lowest BCUT2D eigenvalue weighted by atomic mass is 10.0. The van der Waals surface area contributed by atoms with E-state index in [0.29, 0.717) is 5.56 Å². The minimum absolute atomic E-state index is 0.0153. The molecular formula is C11H12O4. The molecule has 0 fully saturated rings. The number of aromatic hydroxyl groups is 2. The fourth-order valence-corrected chi connectivity index (χ4v) is 1.27. The molecule has 1 aromatic rings. The first-order chi connectivity index (χ1) is 6.99. The topological polar surface area (TPSA) is 74.6 Å². The third-order valence-electron chi connectivity index (χ3n) is 1.90. The number of phenols is 2.